The minimum Gasteiger partial charge on any atom is -0.483 e. The Labute approximate surface area is 195 Å². The first-order valence-corrected chi connectivity index (χ1v) is 10.8. The summed E-state index contributed by atoms with van der Waals surface area (Å²) in [5.41, 5.74) is 7.68. The van der Waals surface area contributed by atoms with Crippen molar-refractivity contribution < 1.29 is 14.3 Å². The molecule has 0 radical (unpaired) electrons. The summed E-state index contributed by atoms with van der Waals surface area (Å²) in [6.07, 6.45) is 1.48. The van der Waals surface area contributed by atoms with Crippen LogP contribution in [0.15, 0.2) is 70.2 Å². The molecule has 164 valence electrons. The summed E-state index contributed by atoms with van der Waals surface area (Å²) in [4.78, 5) is 24.5. The van der Waals surface area contributed by atoms with Gasteiger partial charge in [-0.2, -0.15) is 5.10 Å². The number of rotatable bonds is 7. The van der Waals surface area contributed by atoms with Crippen LogP contribution in [-0.4, -0.2) is 24.6 Å². The Bertz CT molecular complexity index is 1160. The average Bonchev–Trinajstić information content (AvgIpc) is 2.76. The SMILES string of the molecule is Cc1ccc(C(=O)N/N=C/c2cc(Br)ccc2OCC(=O)Nc2ccc(C)c(C)c2)cc1. The quantitative estimate of drug-likeness (QED) is 0.352. The first kappa shape index (κ1) is 23.2. The van der Waals surface area contributed by atoms with Crippen molar-refractivity contribution in [3.05, 3.63) is 93.0 Å². The number of anilines is 1. The van der Waals surface area contributed by atoms with E-state index in [9.17, 15) is 9.59 Å². The molecular weight excluding hydrogens is 470 g/mol. The van der Waals surface area contributed by atoms with Gasteiger partial charge in [-0.05, 0) is 74.4 Å². The molecule has 3 aromatic carbocycles. The van der Waals surface area contributed by atoms with Gasteiger partial charge in [0.05, 0.1) is 6.21 Å². The second-order valence-corrected chi connectivity index (χ2v) is 8.30. The number of halogens is 1. The number of aryl methyl sites for hydroxylation is 3. The van der Waals surface area contributed by atoms with E-state index in [2.05, 4.69) is 31.8 Å². The van der Waals surface area contributed by atoms with Crippen molar-refractivity contribution in [3.63, 3.8) is 0 Å². The Kier molecular flexibility index (Phi) is 7.78. The zero-order chi connectivity index (χ0) is 23.1. The Hall–Kier alpha value is -3.45. The number of carbonyl (C=O) groups is 2. The fourth-order valence-corrected chi connectivity index (χ4v) is 3.22. The second-order valence-electron chi connectivity index (χ2n) is 7.38. The van der Waals surface area contributed by atoms with Gasteiger partial charge in [0.2, 0.25) is 0 Å². The third kappa shape index (κ3) is 6.52. The van der Waals surface area contributed by atoms with Crippen LogP contribution < -0.4 is 15.5 Å². The van der Waals surface area contributed by atoms with Gasteiger partial charge in [-0.1, -0.05) is 39.7 Å². The van der Waals surface area contributed by atoms with Crippen LogP contribution in [0.4, 0.5) is 5.69 Å². The zero-order valence-electron chi connectivity index (χ0n) is 18.1. The predicted octanol–water partition coefficient (Wildman–Crippen LogP) is 5.16. The molecule has 3 aromatic rings. The highest BCUT2D eigenvalue weighted by Crippen LogP contribution is 2.22. The molecular formula is C25H24BrN3O3. The second kappa shape index (κ2) is 10.7. The Balaban J connectivity index is 1.62. The molecule has 0 aliphatic rings. The molecule has 0 bridgehead atoms. The number of benzene rings is 3. The van der Waals surface area contributed by atoms with E-state index in [4.69, 9.17) is 4.74 Å². The monoisotopic (exact) mass is 493 g/mol. The van der Waals surface area contributed by atoms with Crippen LogP contribution in [0.1, 0.15) is 32.6 Å². The molecule has 32 heavy (non-hydrogen) atoms. The molecule has 0 unspecified atom stereocenters. The fourth-order valence-electron chi connectivity index (χ4n) is 2.84. The van der Waals surface area contributed by atoms with Gasteiger partial charge in [0.1, 0.15) is 5.75 Å². The molecule has 7 heteroatoms. The van der Waals surface area contributed by atoms with Crippen LogP contribution in [-0.2, 0) is 4.79 Å². The van der Waals surface area contributed by atoms with Crippen LogP contribution in [0.25, 0.3) is 0 Å². The zero-order valence-corrected chi connectivity index (χ0v) is 19.7. The largest absolute Gasteiger partial charge is 0.483 e. The number of carbonyl (C=O) groups excluding carboxylic acids is 2. The number of nitrogens with one attached hydrogen (secondary N) is 2. The lowest BCUT2D eigenvalue weighted by molar-refractivity contribution is -0.118. The molecule has 0 spiro atoms. The number of hydrogen-bond acceptors (Lipinski definition) is 4. The highest BCUT2D eigenvalue weighted by Gasteiger charge is 2.09. The number of nitrogens with zero attached hydrogens (tertiary/aromatic N) is 1. The van der Waals surface area contributed by atoms with Gasteiger partial charge in [0.25, 0.3) is 11.8 Å². The summed E-state index contributed by atoms with van der Waals surface area (Å²) in [7, 11) is 0. The summed E-state index contributed by atoms with van der Waals surface area (Å²) >= 11 is 3.41. The van der Waals surface area contributed by atoms with Gasteiger partial charge in [-0.25, -0.2) is 5.43 Å². The van der Waals surface area contributed by atoms with Crippen LogP contribution in [0.5, 0.6) is 5.75 Å². The summed E-state index contributed by atoms with van der Waals surface area (Å²) in [5, 5.41) is 6.86. The van der Waals surface area contributed by atoms with Gasteiger partial charge in [-0.3, -0.25) is 9.59 Å². The minimum absolute atomic E-state index is 0.162. The van der Waals surface area contributed by atoms with Crippen LogP contribution in [0.2, 0.25) is 0 Å². The maximum Gasteiger partial charge on any atom is 0.271 e. The highest BCUT2D eigenvalue weighted by molar-refractivity contribution is 9.10. The van der Waals surface area contributed by atoms with Gasteiger partial charge in [0.15, 0.2) is 6.61 Å². The normalized spacial score (nSPS) is 10.8. The lowest BCUT2D eigenvalue weighted by Crippen LogP contribution is -2.21. The van der Waals surface area contributed by atoms with Gasteiger partial charge >= 0.3 is 0 Å². The van der Waals surface area contributed by atoms with Crippen molar-refractivity contribution in [1.82, 2.24) is 5.43 Å². The van der Waals surface area contributed by atoms with Crippen molar-refractivity contribution in [2.24, 2.45) is 5.10 Å². The third-order valence-electron chi connectivity index (χ3n) is 4.80. The van der Waals surface area contributed by atoms with Crippen LogP contribution in [0, 0.1) is 20.8 Å². The Morgan fingerprint density at radius 2 is 1.72 bits per heavy atom. The lowest BCUT2D eigenvalue weighted by Gasteiger charge is -2.11. The van der Waals surface area contributed by atoms with E-state index < -0.39 is 0 Å². The molecule has 0 saturated heterocycles. The third-order valence-corrected chi connectivity index (χ3v) is 5.30. The molecule has 6 nitrogen and oxygen atoms in total. The summed E-state index contributed by atoms with van der Waals surface area (Å²) < 4.78 is 6.51. The first-order valence-electron chi connectivity index (χ1n) is 10.0. The maximum atomic E-state index is 12.3. The summed E-state index contributed by atoms with van der Waals surface area (Å²) in [6.45, 7) is 5.80. The van der Waals surface area contributed by atoms with E-state index in [0.717, 1.165) is 26.9 Å². The summed E-state index contributed by atoms with van der Waals surface area (Å²) in [6, 6.07) is 18.3. The standard InChI is InChI=1S/C25H24BrN3O3/c1-16-4-7-19(8-5-16)25(31)29-27-14-20-13-21(26)9-11-23(20)32-15-24(30)28-22-10-6-17(2)18(3)12-22/h4-14H,15H2,1-3H3,(H,28,30)(H,29,31)/b27-14+. The van der Waals surface area contributed by atoms with Crippen molar-refractivity contribution in [2.75, 3.05) is 11.9 Å². The van der Waals surface area contributed by atoms with Crippen molar-refractivity contribution in [1.29, 1.82) is 0 Å². The van der Waals surface area contributed by atoms with Crippen molar-refractivity contribution in [2.45, 2.75) is 20.8 Å². The number of hydrogen-bond donors (Lipinski definition) is 2. The van der Waals surface area contributed by atoms with E-state index in [1.165, 1.54) is 6.21 Å². The topological polar surface area (TPSA) is 79.8 Å². The fraction of sp³-hybridized carbons (Fsp3) is 0.160. The van der Waals surface area contributed by atoms with Gasteiger partial charge in [-0.15, -0.1) is 0 Å². The van der Waals surface area contributed by atoms with E-state index in [1.807, 2.05) is 51.1 Å². The molecule has 2 N–H and O–H groups in total. The first-order chi connectivity index (χ1) is 15.3. The molecule has 0 aromatic heterocycles. The van der Waals surface area contributed by atoms with Crippen LogP contribution in [0.3, 0.4) is 0 Å². The molecule has 2 amide bonds. The molecule has 0 heterocycles. The van der Waals surface area contributed by atoms with E-state index in [0.29, 0.717) is 16.9 Å². The maximum absolute atomic E-state index is 12.3. The van der Waals surface area contributed by atoms with Crippen LogP contribution >= 0.6 is 15.9 Å². The summed E-state index contributed by atoms with van der Waals surface area (Å²) in [5.74, 6) is -0.116. The van der Waals surface area contributed by atoms with E-state index >= 15 is 0 Å². The minimum atomic E-state index is -0.313. The molecule has 0 fully saturated rings. The molecule has 0 aliphatic carbocycles. The van der Waals surface area contributed by atoms with Crippen molar-refractivity contribution in [3.8, 4) is 5.75 Å². The lowest BCUT2D eigenvalue weighted by atomic mass is 10.1. The molecule has 0 aliphatic heterocycles. The van der Waals surface area contributed by atoms with Gasteiger partial charge in [0, 0.05) is 21.3 Å². The van der Waals surface area contributed by atoms with E-state index in [1.54, 1.807) is 30.3 Å². The highest BCUT2D eigenvalue weighted by atomic mass is 79.9. The predicted molar refractivity (Wildman–Crippen MR) is 130 cm³/mol. The molecule has 3 rings (SSSR count). The number of amides is 2. The molecule has 0 atom stereocenters. The van der Waals surface area contributed by atoms with Crippen molar-refractivity contribution >= 4 is 39.6 Å². The Morgan fingerprint density at radius 1 is 0.969 bits per heavy atom. The number of ether oxygens (including phenoxy) is 1. The molecule has 0 saturated carbocycles. The van der Waals surface area contributed by atoms with E-state index in [-0.39, 0.29) is 18.4 Å². The average molecular weight is 494 g/mol. The number of hydrazone groups is 1. The smallest absolute Gasteiger partial charge is 0.271 e. The Morgan fingerprint density at radius 3 is 2.44 bits per heavy atom. The van der Waals surface area contributed by atoms with Gasteiger partial charge < -0.3 is 10.1 Å².